The zero-order valence-electron chi connectivity index (χ0n) is 10.4. The fraction of sp³-hybridized carbons (Fsp3) is 0.0714. The second-order valence-electron chi connectivity index (χ2n) is 3.92. The monoisotopic (exact) mass is 287 g/mol. The van der Waals surface area contributed by atoms with E-state index in [1.54, 1.807) is 18.2 Å². The summed E-state index contributed by atoms with van der Waals surface area (Å²) in [5.41, 5.74) is 2.77. The van der Waals surface area contributed by atoms with Crippen LogP contribution in [0, 0.1) is 0 Å². The number of nitrogens with zero attached hydrogens (tertiary/aromatic N) is 1. The maximum Gasteiger partial charge on any atom is 0.245 e. The van der Waals surface area contributed by atoms with Crippen LogP contribution in [-0.4, -0.2) is 18.1 Å². The van der Waals surface area contributed by atoms with Crippen molar-refractivity contribution in [3.05, 3.63) is 57.8 Å². The Kier molecular flexibility index (Phi) is 4.62. The average molecular weight is 287 g/mol. The van der Waals surface area contributed by atoms with Crippen molar-refractivity contribution in [1.82, 2.24) is 5.43 Å². The van der Waals surface area contributed by atoms with Gasteiger partial charge in [0.2, 0.25) is 5.91 Å². The number of thiophene rings is 1. The lowest BCUT2D eigenvalue weighted by Gasteiger charge is -2.05. The van der Waals surface area contributed by atoms with Crippen LogP contribution in [0.3, 0.4) is 0 Å². The molecule has 0 saturated carbocycles. The van der Waals surface area contributed by atoms with Crippen molar-refractivity contribution in [1.29, 1.82) is 0 Å². The minimum Gasteiger partial charge on any atom is -0.545 e. The lowest BCUT2D eigenvalue weighted by atomic mass is 10.1. The molecular formula is C14H11N2O3S-. The lowest BCUT2D eigenvalue weighted by molar-refractivity contribution is -0.255. The Hall–Kier alpha value is -2.47. The van der Waals surface area contributed by atoms with E-state index in [0.717, 1.165) is 4.88 Å². The maximum absolute atomic E-state index is 11.6. The first-order valence-electron chi connectivity index (χ1n) is 5.81. The second-order valence-corrected chi connectivity index (χ2v) is 4.96. The van der Waals surface area contributed by atoms with Gasteiger partial charge >= 0.3 is 0 Å². The molecule has 0 radical (unpaired) electrons. The van der Waals surface area contributed by atoms with Crippen molar-refractivity contribution >= 4 is 29.4 Å². The topological polar surface area (TPSA) is 81.6 Å². The molecule has 0 spiro atoms. The third-order valence-electron chi connectivity index (χ3n) is 2.49. The first-order chi connectivity index (χ1) is 9.66. The van der Waals surface area contributed by atoms with Crippen LogP contribution in [0.1, 0.15) is 20.8 Å². The van der Waals surface area contributed by atoms with Gasteiger partial charge in [0.05, 0.1) is 18.6 Å². The maximum atomic E-state index is 11.6. The molecule has 0 aliphatic rings. The van der Waals surface area contributed by atoms with Crippen LogP contribution >= 0.6 is 11.3 Å². The summed E-state index contributed by atoms with van der Waals surface area (Å²) in [6.07, 6.45) is 1.54. The molecular weight excluding hydrogens is 276 g/mol. The van der Waals surface area contributed by atoms with Gasteiger partial charge in [0, 0.05) is 16.0 Å². The van der Waals surface area contributed by atoms with E-state index in [9.17, 15) is 14.7 Å². The Bertz CT molecular complexity index is 636. The number of hydrazone groups is 1. The van der Waals surface area contributed by atoms with Gasteiger partial charge < -0.3 is 9.90 Å². The first kappa shape index (κ1) is 14.0. The van der Waals surface area contributed by atoms with Gasteiger partial charge in [-0.05, 0) is 11.4 Å². The highest BCUT2D eigenvalue weighted by Crippen LogP contribution is 2.08. The third-order valence-corrected chi connectivity index (χ3v) is 3.36. The van der Waals surface area contributed by atoms with Crippen molar-refractivity contribution in [2.45, 2.75) is 6.42 Å². The number of carbonyl (C=O) groups is 2. The summed E-state index contributed by atoms with van der Waals surface area (Å²) in [7, 11) is 0. The summed E-state index contributed by atoms with van der Waals surface area (Å²) < 4.78 is 0. The average Bonchev–Trinajstić information content (AvgIpc) is 2.92. The van der Waals surface area contributed by atoms with Crippen LogP contribution in [0.2, 0.25) is 0 Å². The Morgan fingerprint density at radius 2 is 2.05 bits per heavy atom. The SMILES string of the molecule is O=C(Cc1cccs1)N/N=C\c1ccccc1C(=O)[O-]. The van der Waals surface area contributed by atoms with Crippen LogP contribution in [0.15, 0.2) is 46.9 Å². The molecule has 0 saturated heterocycles. The van der Waals surface area contributed by atoms with Gasteiger partial charge in [-0.1, -0.05) is 30.3 Å². The van der Waals surface area contributed by atoms with E-state index in [2.05, 4.69) is 10.5 Å². The Labute approximate surface area is 119 Å². The van der Waals surface area contributed by atoms with Crippen LogP contribution in [0.5, 0.6) is 0 Å². The number of nitrogens with one attached hydrogen (secondary N) is 1. The zero-order chi connectivity index (χ0) is 14.4. The standard InChI is InChI=1S/C14H12N2O3S/c17-13(8-11-5-3-7-20-11)16-15-9-10-4-1-2-6-12(10)14(18)19/h1-7,9H,8H2,(H,16,17)(H,18,19)/p-1/b15-9-. The van der Waals surface area contributed by atoms with Crippen LogP contribution in [0.25, 0.3) is 0 Å². The largest absolute Gasteiger partial charge is 0.545 e. The molecule has 0 aliphatic carbocycles. The Morgan fingerprint density at radius 1 is 1.25 bits per heavy atom. The highest BCUT2D eigenvalue weighted by molar-refractivity contribution is 7.10. The predicted octanol–water partition coefficient (Wildman–Crippen LogP) is 0.804. The van der Waals surface area contributed by atoms with Gasteiger partial charge in [0.25, 0.3) is 0 Å². The molecule has 0 fully saturated rings. The van der Waals surface area contributed by atoms with Crippen molar-refractivity contribution in [3.8, 4) is 0 Å². The van der Waals surface area contributed by atoms with Crippen LogP contribution in [-0.2, 0) is 11.2 Å². The minimum absolute atomic E-state index is 0.0313. The van der Waals surface area contributed by atoms with Gasteiger partial charge in [-0.25, -0.2) is 5.43 Å². The summed E-state index contributed by atoms with van der Waals surface area (Å²) in [5, 5.41) is 16.5. The molecule has 6 heteroatoms. The minimum atomic E-state index is -1.28. The van der Waals surface area contributed by atoms with Crippen molar-refractivity contribution in [2.75, 3.05) is 0 Å². The highest BCUT2D eigenvalue weighted by atomic mass is 32.1. The first-order valence-corrected chi connectivity index (χ1v) is 6.69. The molecule has 1 heterocycles. The van der Waals surface area contributed by atoms with Gasteiger partial charge in [0.1, 0.15) is 0 Å². The Morgan fingerprint density at radius 3 is 2.75 bits per heavy atom. The molecule has 5 nitrogen and oxygen atoms in total. The molecule has 102 valence electrons. The van der Waals surface area contributed by atoms with Crippen molar-refractivity contribution < 1.29 is 14.7 Å². The highest BCUT2D eigenvalue weighted by Gasteiger charge is 2.03. The molecule has 0 unspecified atom stereocenters. The number of rotatable bonds is 5. The third kappa shape index (κ3) is 3.76. The number of aromatic carboxylic acids is 1. The van der Waals surface area contributed by atoms with Gasteiger partial charge in [-0.15, -0.1) is 11.3 Å². The van der Waals surface area contributed by atoms with E-state index >= 15 is 0 Å². The molecule has 0 atom stereocenters. The summed E-state index contributed by atoms with van der Waals surface area (Å²) in [5.74, 6) is -1.54. The van der Waals surface area contributed by atoms with Crippen LogP contribution in [0.4, 0.5) is 0 Å². The van der Waals surface area contributed by atoms with Gasteiger partial charge in [0.15, 0.2) is 0 Å². The lowest BCUT2D eigenvalue weighted by Crippen LogP contribution is -2.24. The number of carboxylic acid groups (broad SMARTS) is 1. The fourth-order valence-corrected chi connectivity index (χ4v) is 2.28. The van der Waals surface area contributed by atoms with Gasteiger partial charge in [-0.2, -0.15) is 5.10 Å². The molecule has 1 aromatic heterocycles. The molecule has 2 rings (SSSR count). The van der Waals surface area contributed by atoms with Crippen LogP contribution < -0.4 is 10.5 Å². The fourth-order valence-electron chi connectivity index (χ4n) is 1.58. The van der Waals surface area contributed by atoms with E-state index in [1.165, 1.54) is 23.6 Å². The summed E-state index contributed by atoms with van der Waals surface area (Å²) >= 11 is 1.49. The van der Waals surface area contributed by atoms with E-state index in [4.69, 9.17) is 0 Å². The molecule has 2 aromatic rings. The summed E-state index contributed by atoms with van der Waals surface area (Å²) in [6.45, 7) is 0. The quantitative estimate of drug-likeness (QED) is 0.652. The normalized spacial score (nSPS) is 10.6. The second kappa shape index (κ2) is 6.63. The smallest absolute Gasteiger partial charge is 0.245 e. The van der Waals surface area contributed by atoms with E-state index in [-0.39, 0.29) is 17.9 Å². The number of hydrogen-bond acceptors (Lipinski definition) is 5. The van der Waals surface area contributed by atoms with E-state index < -0.39 is 5.97 Å². The van der Waals surface area contributed by atoms with Crippen molar-refractivity contribution in [2.24, 2.45) is 5.10 Å². The summed E-state index contributed by atoms with van der Waals surface area (Å²) in [6, 6.07) is 10.0. The molecule has 20 heavy (non-hydrogen) atoms. The Balaban J connectivity index is 1.96. The molecule has 1 N–H and O–H groups in total. The van der Waals surface area contributed by atoms with E-state index in [1.807, 2.05) is 17.5 Å². The van der Waals surface area contributed by atoms with Gasteiger partial charge in [-0.3, -0.25) is 4.79 Å². The molecule has 0 aliphatic heterocycles. The number of benzene rings is 1. The summed E-state index contributed by atoms with van der Waals surface area (Å²) in [4.78, 5) is 23.4. The molecule has 0 bridgehead atoms. The molecule has 1 aromatic carbocycles. The molecule has 1 amide bonds. The number of carboxylic acids is 1. The number of amides is 1. The van der Waals surface area contributed by atoms with E-state index in [0.29, 0.717) is 5.56 Å². The zero-order valence-corrected chi connectivity index (χ0v) is 11.2. The number of hydrogen-bond donors (Lipinski definition) is 1. The van der Waals surface area contributed by atoms with Crippen molar-refractivity contribution in [3.63, 3.8) is 0 Å². The predicted molar refractivity (Wildman–Crippen MR) is 74.5 cm³/mol. The number of carbonyl (C=O) groups excluding carboxylic acids is 2.